The summed E-state index contributed by atoms with van der Waals surface area (Å²) in [4.78, 5) is 8.00. The standard InChI is InChI=1S/C9H14ClN3O/c1-7(3-6-14-2)13-9-8(10)11-4-5-12-9/h4-5,7H,3,6H2,1-2H3,(H,12,13). The summed E-state index contributed by atoms with van der Waals surface area (Å²) >= 11 is 5.83. The van der Waals surface area contributed by atoms with Crippen molar-refractivity contribution in [1.82, 2.24) is 9.97 Å². The number of aromatic nitrogens is 2. The van der Waals surface area contributed by atoms with Gasteiger partial charge < -0.3 is 10.1 Å². The van der Waals surface area contributed by atoms with Crippen LogP contribution >= 0.6 is 11.6 Å². The van der Waals surface area contributed by atoms with Crippen molar-refractivity contribution in [2.75, 3.05) is 19.0 Å². The number of nitrogens with zero attached hydrogens (tertiary/aromatic N) is 2. The zero-order valence-corrected chi connectivity index (χ0v) is 9.08. The number of nitrogens with one attached hydrogen (secondary N) is 1. The summed E-state index contributed by atoms with van der Waals surface area (Å²) in [5, 5.41) is 3.56. The molecular formula is C9H14ClN3O. The Kier molecular flexibility index (Phi) is 4.62. The van der Waals surface area contributed by atoms with Crippen LogP contribution in [-0.2, 0) is 4.74 Å². The Bertz CT molecular complexity index is 283. The van der Waals surface area contributed by atoms with Crippen molar-refractivity contribution in [3.05, 3.63) is 17.5 Å². The Morgan fingerprint density at radius 3 is 2.86 bits per heavy atom. The third-order valence-electron chi connectivity index (χ3n) is 1.79. The van der Waals surface area contributed by atoms with E-state index in [1.54, 1.807) is 19.5 Å². The fourth-order valence-corrected chi connectivity index (χ4v) is 1.18. The zero-order valence-electron chi connectivity index (χ0n) is 8.33. The van der Waals surface area contributed by atoms with Gasteiger partial charge in [0.25, 0.3) is 0 Å². The number of anilines is 1. The molecule has 4 nitrogen and oxygen atoms in total. The summed E-state index contributed by atoms with van der Waals surface area (Å²) in [5.41, 5.74) is 0. The molecule has 0 aromatic carbocycles. The summed E-state index contributed by atoms with van der Waals surface area (Å²) < 4.78 is 4.97. The van der Waals surface area contributed by atoms with E-state index in [4.69, 9.17) is 16.3 Å². The Morgan fingerprint density at radius 2 is 2.21 bits per heavy atom. The summed E-state index contributed by atoms with van der Waals surface area (Å²) in [5.74, 6) is 0.623. The molecule has 5 heteroatoms. The van der Waals surface area contributed by atoms with Crippen LogP contribution in [0.1, 0.15) is 13.3 Å². The van der Waals surface area contributed by atoms with Crippen molar-refractivity contribution in [1.29, 1.82) is 0 Å². The highest BCUT2D eigenvalue weighted by atomic mass is 35.5. The van der Waals surface area contributed by atoms with Crippen molar-refractivity contribution in [3.8, 4) is 0 Å². The molecule has 0 saturated carbocycles. The second-order valence-electron chi connectivity index (χ2n) is 3.02. The summed E-state index contributed by atoms with van der Waals surface area (Å²) in [6, 6.07) is 0.268. The Morgan fingerprint density at radius 1 is 1.50 bits per heavy atom. The maximum Gasteiger partial charge on any atom is 0.171 e. The van der Waals surface area contributed by atoms with E-state index in [0.29, 0.717) is 17.6 Å². The lowest BCUT2D eigenvalue weighted by atomic mass is 10.2. The first-order valence-corrected chi connectivity index (χ1v) is 4.84. The van der Waals surface area contributed by atoms with Gasteiger partial charge >= 0.3 is 0 Å². The van der Waals surface area contributed by atoms with Gasteiger partial charge in [-0.15, -0.1) is 0 Å². The molecule has 1 N–H and O–H groups in total. The van der Waals surface area contributed by atoms with E-state index < -0.39 is 0 Å². The first-order valence-electron chi connectivity index (χ1n) is 4.46. The van der Waals surface area contributed by atoms with E-state index in [9.17, 15) is 0 Å². The number of hydrogen-bond acceptors (Lipinski definition) is 4. The number of hydrogen-bond donors (Lipinski definition) is 1. The highest BCUT2D eigenvalue weighted by molar-refractivity contribution is 6.31. The maximum atomic E-state index is 5.83. The molecule has 0 spiro atoms. The van der Waals surface area contributed by atoms with Crippen LogP contribution in [0.5, 0.6) is 0 Å². The molecule has 1 unspecified atom stereocenters. The van der Waals surface area contributed by atoms with Crippen molar-refractivity contribution >= 4 is 17.4 Å². The molecule has 0 saturated heterocycles. The van der Waals surface area contributed by atoms with Crippen LogP contribution in [0.3, 0.4) is 0 Å². The normalized spacial score (nSPS) is 12.5. The molecular weight excluding hydrogens is 202 g/mol. The van der Waals surface area contributed by atoms with E-state index in [1.807, 2.05) is 6.92 Å². The molecule has 0 aliphatic carbocycles. The Hall–Kier alpha value is -0.870. The predicted molar refractivity (Wildman–Crippen MR) is 56.6 cm³/mol. The predicted octanol–water partition coefficient (Wildman–Crippen LogP) is 1.97. The van der Waals surface area contributed by atoms with E-state index in [2.05, 4.69) is 15.3 Å². The summed E-state index contributed by atoms with van der Waals surface area (Å²) in [6.07, 6.45) is 4.08. The summed E-state index contributed by atoms with van der Waals surface area (Å²) in [6.45, 7) is 2.76. The fourth-order valence-electron chi connectivity index (χ4n) is 1.02. The molecule has 0 bridgehead atoms. The summed E-state index contributed by atoms with van der Waals surface area (Å²) in [7, 11) is 1.68. The number of methoxy groups -OCH3 is 1. The van der Waals surface area contributed by atoms with Crippen molar-refractivity contribution in [2.24, 2.45) is 0 Å². The van der Waals surface area contributed by atoms with Gasteiger partial charge in [0.15, 0.2) is 11.0 Å². The van der Waals surface area contributed by atoms with Crippen LogP contribution in [0.4, 0.5) is 5.82 Å². The lowest BCUT2D eigenvalue weighted by molar-refractivity contribution is 0.191. The minimum absolute atomic E-state index is 0.268. The lowest BCUT2D eigenvalue weighted by Gasteiger charge is -2.13. The molecule has 1 rings (SSSR count). The van der Waals surface area contributed by atoms with E-state index in [0.717, 1.165) is 6.42 Å². The first kappa shape index (κ1) is 11.2. The zero-order chi connectivity index (χ0) is 10.4. The Labute approximate surface area is 88.7 Å². The molecule has 0 radical (unpaired) electrons. The Balaban J connectivity index is 2.47. The number of ether oxygens (including phenoxy) is 1. The molecule has 0 amide bonds. The molecule has 1 atom stereocenters. The molecule has 1 aromatic rings. The van der Waals surface area contributed by atoms with Gasteiger partial charge in [-0.25, -0.2) is 9.97 Å². The van der Waals surface area contributed by atoms with Crippen molar-refractivity contribution in [2.45, 2.75) is 19.4 Å². The van der Waals surface area contributed by atoms with Gasteiger partial charge in [0.1, 0.15) is 0 Å². The third kappa shape index (κ3) is 3.47. The maximum absolute atomic E-state index is 5.83. The first-order chi connectivity index (χ1) is 6.74. The average molecular weight is 216 g/mol. The van der Waals surface area contributed by atoms with Crippen LogP contribution in [0.25, 0.3) is 0 Å². The molecule has 78 valence electrons. The van der Waals surface area contributed by atoms with Gasteiger partial charge in [0.05, 0.1) is 0 Å². The minimum Gasteiger partial charge on any atom is -0.385 e. The quantitative estimate of drug-likeness (QED) is 0.816. The van der Waals surface area contributed by atoms with Gasteiger partial charge in [-0.05, 0) is 13.3 Å². The van der Waals surface area contributed by atoms with Crippen LogP contribution in [-0.4, -0.2) is 29.7 Å². The highest BCUT2D eigenvalue weighted by Gasteiger charge is 2.06. The highest BCUT2D eigenvalue weighted by Crippen LogP contribution is 2.15. The molecule has 14 heavy (non-hydrogen) atoms. The van der Waals surface area contributed by atoms with Crippen molar-refractivity contribution < 1.29 is 4.74 Å². The van der Waals surface area contributed by atoms with Gasteiger partial charge in [-0.1, -0.05) is 11.6 Å². The average Bonchev–Trinajstić information content (AvgIpc) is 2.18. The molecule has 0 aliphatic rings. The second kappa shape index (κ2) is 5.78. The van der Waals surface area contributed by atoms with Crippen LogP contribution in [0, 0.1) is 0 Å². The number of rotatable bonds is 5. The fraction of sp³-hybridized carbons (Fsp3) is 0.556. The van der Waals surface area contributed by atoms with Gasteiger partial charge in [0, 0.05) is 32.2 Å². The third-order valence-corrected chi connectivity index (χ3v) is 2.07. The number of halogens is 1. The largest absolute Gasteiger partial charge is 0.385 e. The minimum atomic E-state index is 0.268. The second-order valence-corrected chi connectivity index (χ2v) is 3.38. The molecule has 0 fully saturated rings. The van der Waals surface area contributed by atoms with E-state index in [-0.39, 0.29) is 6.04 Å². The molecule has 1 aromatic heterocycles. The van der Waals surface area contributed by atoms with Gasteiger partial charge in [-0.2, -0.15) is 0 Å². The van der Waals surface area contributed by atoms with Crippen LogP contribution in [0.2, 0.25) is 5.15 Å². The van der Waals surface area contributed by atoms with Crippen molar-refractivity contribution in [3.63, 3.8) is 0 Å². The van der Waals surface area contributed by atoms with Crippen LogP contribution < -0.4 is 5.32 Å². The van der Waals surface area contributed by atoms with Gasteiger partial charge in [-0.3, -0.25) is 0 Å². The topological polar surface area (TPSA) is 47.0 Å². The van der Waals surface area contributed by atoms with E-state index >= 15 is 0 Å². The smallest absolute Gasteiger partial charge is 0.171 e. The van der Waals surface area contributed by atoms with Gasteiger partial charge in [0.2, 0.25) is 0 Å². The lowest BCUT2D eigenvalue weighted by Crippen LogP contribution is -2.18. The van der Waals surface area contributed by atoms with E-state index in [1.165, 1.54) is 0 Å². The van der Waals surface area contributed by atoms with Crippen LogP contribution in [0.15, 0.2) is 12.4 Å². The molecule has 0 aliphatic heterocycles. The monoisotopic (exact) mass is 215 g/mol. The SMILES string of the molecule is COCCC(C)Nc1nccnc1Cl. The molecule has 1 heterocycles.